The summed E-state index contributed by atoms with van der Waals surface area (Å²) < 4.78 is 23.2. The van der Waals surface area contributed by atoms with Gasteiger partial charge in [0.25, 0.3) is 0 Å². The molecule has 2 aliphatic heterocycles. The largest absolute Gasteiger partial charge is 0.454 e. The van der Waals surface area contributed by atoms with Crippen molar-refractivity contribution in [2.24, 2.45) is 50.2 Å². The first-order chi connectivity index (χ1) is 20.8. The normalized spacial score (nSPS) is 47.9. The minimum absolute atomic E-state index is 0.0607. The predicted molar refractivity (Wildman–Crippen MR) is 163 cm³/mol. The third-order valence-electron chi connectivity index (χ3n) is 14.9. The SMILES string of the molecule is CC(=O)OC(C)=O.CC1(C)CC[C@@]23CC[C@]4(C=O)[C@@](OC2=O)(C3C1)[C@@H](O)CC1[C@@]2(C)CCC3(OCCO3)C(C)(C)C2CC[C@]14C. The molecule has 7 aliphatic rings. The summed E-state index contributed by atoms with van der Waals surface area (Å²) in [6.07, 6.45) is 8.58. The van der Waals surface area contributed by atoms with E-state index in [1.165, 1.54) is 20.1 Å². The molecule has 2 heterocycles. The van der Waals surface area contributed by atoms with Gasteiger partial charge in [-0.15, -0.1) is 0 Å². The topological polar surface area (TPSA) is 125 Å². The molecule has 2 bridgehead atoms. The Morgan fingerprint density at radius 2 is 1.47 bits per heavy atom. The minimum Gasteiger partial charge on any atom is -0.454 e. The van der Waals surface area contributed by atoms with E-state index in [1.807, 2.05) is 0 Å². The van der Waals surface area contributed by atoms with Crippen LogP contribution in [0.5, 0.6) is 0 Å². The highest BCUT2D eigenvalue weighted by Crippen LogP contribution is 2.81. The second-order valence-electron chi connectivity index (χ2n) is 17.4. The van der Waals surface area contributed by atoms with E-state index in [4.69, 9.17) is 14.2 Å². The number of fused-ring (bicyclic) bond motifs is 4. The van der Waals surface area contributed by atoms with Gasteiger partial charge in [-0.1, -0.05) is 41.5 Å². The van der Waals surface area contributed by atoms with Gasteiger partial charge in [-0.2, -0.15) is 0 Å². The van der Waals surface area contributed by atoms with E-state index in [9.17, 15) is 24.3 Å². The Morgan fingerprint density at radius 1 is 0.844 bits per heavy atom. The number of aliphatic hydroxyl groups is 1. The van der Waals surface area contributed by atoms with E-state index < -0.39 is 40.3 Å². The number of ether oxygens (including phenoxy) is 4. The van der Waals surface area contributed by atoms with Crippen LogP contribution in [-0.4, -0.2) is 60.0 Å². The van der Waals surface area contributed by atoms with Crippen LogP contribution in [0.4, 0.5) is 0 Å². The fourth-order valence-electron chi connectivity index (χ4n) is 12.9. The maximum absolute atomic E-state index is 13.8. The first kappa shape index (κ1) is 33.1. The molecule has 1 N–H and O–H groups in total. The molecule has 0 aromatic heterocycles. The molecular formula is C36H54O9. The van der Waals surface area contributed by atoms with Crippen LogP contribution in [0.1, 0.15) is 120 Å². The fourth-order valence-corrected chi connectivity index (χ4v) is 12.9. The number of aliphatic hydroxyl groups excluding tert-OH is 1. The van der Waals surface area contributed by atoms with Crippen LogP contribution >= 0.6 is 0 Å². The molecule has 0 radical (unpaired) electrons. The van der Waals surface area contributed by atoms with Gasteiger partial charge in [0.05, 0.1) is 30.1 Å². The molecule has 5 saturated carbocycles. The molecule has 7 rings (SSSR count). The molecule has 9 atom stereocenters. The van der Waals surface area contributed by atoms with E-state index in [0.29, 0.717) is 38.4 Å². The molecule has 45 heavy (non-hydrogen) atoms. The minimum atomic E-state index is -1.11. The molecular weight excluding hydrogens is 576 g/mol. The lowest BCUT2D eigenvalue weighted by Gasteiger charge is -2.74. The van der Waals surface area contributed by atoms with Crippen LogP contribution < -0.4 is 0 Å². The maximum atomic E-state index is 13.8. The van der Waals surface area contributed by atoms with Crippen LogP contribution in [0.2, 0.25) is 0 Å². The van der Waals surface area contributed by atoms with E-state index >= 15 is 0 Å². The molecule has 252 valence electrons. The predicted octanol–water partition coefficient (Wildman–Crippen LogP) is 5.54. The summed E-state index contributed by atoms with van der Waals surface area (Å²) in [5, 5.41) is 12.3. The summed E-state index contributed by atoms with van der Waals surface area (Å²) in [5.74, 6) is -1.40. The van der Waals surface area contributed by atoms with Gasteiger partial charge in [0.1, 0.15) is 6.29 Å². The third kappa shape index (κ3) is 4.01. The molecule has 0 aromatic carbocycles. The van der Waals surface area contributed by atoms with E-state index in [0.717, 1.165) is 44.9 Å². The highest BCUT2D eigenvalue weighted by molar-refractivity contribution is 5.84. The van der Waals surface area contributed by atoms with Crippen LogP contribution in [0.15, 0.2) is 0 Å². The van der Waals surface area contributed by atoms with Gasteiger partial charge < -0.3 is 28.8 Å². The summed E-state index contributed by atoms with van der Waals surface area (Å²) in [6, 6.07) is 0. The van der Waals surface area contributed by atoms with Gasteiger partial charge in [0, 0.05) is 31.6 Å². The number of aldehydes is 1. The van der Waals surface area contributed by atoms with Gasteiger partial charge >= 0.3 is 17.9 Å². The average molecular weight is 631 g/mol. The standard InChI is InChI=1S/C32H48O6.C4H6O3/c1-25(2)9-11-29-12-13-30(19-33)28(6)8-7-20-26(3,4)31(36-15-16-37-31)14-10-27(20,5)21(28)17-23(34)32(30,22(29)18-25)38-24(29)35;1-3(5)7-4(2)6/h19-23,34H,7-18H2,1-6H3;1-2H3/t20?,21?,22?,23-,27-,28+,29-,30+,32+;/m0./s1. The first-order valence-corrected chi connectivity index (χ1v) is 17.2. The Morgan fingerprint density at radius 3 is 2.04 bits per heavy atom. The number of carbonyl (C=O) groups is 4. The molecule has 3 unspecified atom stereocenters. The first-order valence-electron chi connectivity index (χ1n) is 17.2. The lowest BCUT2D eigenvalue weighted by atomic mass is 9.30. The molecule has 7 fully saturated rings. The molecule has 0 amide bonds. The number of esters is 3. The second-order valence-corrected chi connectivity index (χ2v) is 17.4. The molecule has 9 heteroatoms. The van der Waals surface area contributed by atoms with Crippen molar-refractivity contribution in [1.82, 2.24) is 0 Å². The third-order valence-corrected chi connectivity index (χ3v) is 14.9. The van der Waals surface area contributed by atoms with Gasteiger partial charge in [-0.25, -0.2) is 0 Å². The molecule has 0 aromatic rings. The Labute approximate surface area is 267 Å². The van der Waals surface area contributed by atoms with Crippen molar-refractivity contribution in [2.45, 2.75) is 137 Å². The number of carbonyl (C=O) groups excluding carboxylic acids is 4. The summed E-state index contributed by atoms with van der Waals surface area (Å²) in [5.41, 5.74) is -3.06. The van der Waals surface area contributed by atoms with Gasteiger partial charge in [0.2, 0.25) is 0 Å². The van der Waals surface area contributed by atoms with E-state index in [-0.39, 0.29) is 39.5 Å². The van der Waals surface area contributed by atoms with Crippen LogP contribution in [0.3, 0.4) is 0 Å². The van der Waals surface area contributed by atoms with Gasteiger partial charge in [0.15, 0.2) is 11.4 Å². The van der Waals surface area contributed by atoms with Gasteiger partial charge in [-0.05, 0) is 85.9 Å². The summed E-state index contributed by atoms with van der Waals surface area (Å²) in [4.78, 5) is 47.1. The van der Waals surface area contributed by atoms with Crippen molar-refractivity contribution in [1.29, 1.82) is 0 Å². The quantitative estimate of drug-likeness (QED) is 0.226. The highest BCUT2D eigenvalue weighted by Gasteiger charge is 2.85. The maximum Gasteiger partial charge on any atom is 0.313 e. The van der Waals surface area contributed by atoms with Crippen molar-refractivity contribution in [2.75, 3.05) is 13.2 Å². The van der Waals surface area contributed by atoms with Crippen LogP contribution in [0, 0.1) is 50.2 Å². The summed E-state index contributed by atoms with van der Waals surface area (Å²) >= 11 is 0. The van der Waals surface area contributed by atoms with Gasteiger partial charge in [-0.3, -0.25) is 14.4 Å². The van der Waals surface area contributed by atoms with E-state index in [2.05, 4.69) is 46.3 Å². The zero-order valence-electron chi connectivity index (χ0n) is 28.6. The molecule has 5 aliphatic carbocycles. The van der Waals surface area contributed by atoms with Crippen molar-refractivity contribution >= 4 is 24.2 Å². The Kier molecular flexibility index (Phi) is 7.41. The fraction of sp³-hybridized carbons (Fsp3) is 0.889. The number of hydrogen-bond donors (Lipinski definition) is 1. The summed E-state index contributed by atoms with van der Waals surface area (Å²) in [6.45, 7) is 17.6. The lowest BCUT2D eigenvalue weighted by molar-refractivity contribution is -0.335. The summed E-state index contributed by atoms with van der Waals surface area (Å²) in [7, 11) is 0. The monoisotopic (exact) mass is 630 g/mol. The Bertz CT molecular complexity index is 1270. The van der Waals surface area contributed by atoms with Crippen molar-refractivity contribution < 1.29 is 43.2 Å². The Hall–Kier alpha value is -1.84. The van der Waals surface area contributed by atoms with Crippen molar-refractivity contribution in [3.8, 4) is 0 Å². The zero-order chi connectivity index (χ0) is 33.1. The zero-order valence-corrected chi connectivity index (χ0v) is 28.6. The highest BCUT2D eigenvalue weighted by atomic mass is 16.7. The Balaban J connectivity index is 0.000000460. The van der Waals surface area contributed by atoms with Crippen molar-refractivity contribution in [3.63, 3.8) is 0 Å². The molecule has 2 spiro atoms. The average Bonchev–Trinajstić information content (AvgIpc) is 3.48. The van der Waals surface area contributed by atoms with Crippen molar-refractivity contribution in [3.05, 3.63) is 0 Å². The van der Waals surface area contributed by atoms with Crippen LogP contribution in [-0.2, 0) is 38.1 Å². The van der Waals surface area contributed by atoms with E-state index in [1.54, 1.807) is 0 Å². The number of hydrogen-bond acceptors (Lipinski definition) is 9. The smallest absolute Gasteiger partial charge is 0.313 e. The number of rotatable bonds is 1. The van der Waals surface area contributed by atoms with Crippen LogP contribution in [0.25, 0.3) is 0 Å². The second kappa shape index (κ2) is 10.1. The molecule has 2 saturated heterocycles. The lowest BCUT2D eigenvalue weighted by Crippen LogP contribution is -2.78. The molecule has 9 nitrogen and oxygen atoms in total.